The summed E-state index contributed by atoms with van der Waals surface area (Å²) >= 11 is 3.44. The van der Waals surface area contributed by atoms with Crippen LogP contribution in [0.4, 0.5) is 0 Å². The third kappa shape index (κ3) is 2.16. The van der Waals surface area contributed by atoms with Crippen molar-refractivity contribution in [3.8, 4) is 0 Å². The Morgan fingerprint density at radius 1 is 1.26 bits per heavy atom. The summed E-state index contributed by atoms with van der Waals surface area (Å²) in [5.41, 5.74) is 2.15. The number of ketones is 1. The smallest absolute Gasteiger partial charge is 0.295 e. The van der Waals surface area contributed by atoms with Crippen LogP contribution in [0.25, 0.3) is 11.0 Å². The van der Waals surface area contributed by atoms with Crippen LogP contribution in [0, 0.1) is 5.92 Å². The number of imidazole rings is 1. The molecule has 0 N–H and O–H groups in total. The van der Waals surface area contributed by atoms with Gasteiger partial charge in [0.2, 0.25) is 0 Å². The van der Waals surface area contributed by atoms with Crippen molar-refractivity contribution < 1.29 is 4.79 Å². The van der Waals surface area contributed by atoms with Crippen molar-refractivity contribution in [2.24, 2.45) is 20.0 Å². The van der Waals surface area contributed by atoms with E-state index in [4.69, 9.17) is 0 Å². The molecule has 5 heteroatoms. The highest BCUT2D eigenvalue weighted by molar-refractivity contribution is 9.10. The summed E-state index contributed by atoms with van der Waals surface area (Å²) in [7, 11) is 3.45. The highest BCUT2D eigenvalue weighted by Crippen LogP contribution is 2.26. The van der Waals surface area contributed by atoms with Crippen LogP contribution >= 0.6 is 15.9 Å². The molecule has 0 spiro atoms. The Morgan fingerprint density at radius 3 is 2.32 bits per heavy atom. The first-order valence-electron chi connectivity index (χ1n) is 6.27. The minimum absolute atomic E-state index is 0.0190. The molecule has 0 aliphatic carbocycles. The minimum Gasteiger partial charge on any atom is -0.295 e. The summed E-state index contributed by atoms with van der Waals surface area (Å²) in [6.07, 6.45) is 0.803. The Hall–Kier alpha value is -1.36. The summed E-state index contributed by atoms with van der Waals surface area (Å²) in [4.78, 5) is 24.2. The van der Waals surface area contributed by atoms with Crippen LogP contribution in [0.3, 0.4) is 0 Å². The van der Waals surface area contributed by atoms with Crippen LogP contribution in [-0.4, -0.2) is 14.9 Å². The number of hydrogen-bond donors (Lipinski definition) is 0. The zero-order chi connectivity index (χ0) is 14.3. The topological polar surface area (TPSA) is 44.0 Å². The van der Waals surface area contributed by atoms with Gasteiger partial charge in [-0.3, -0.25) is 13.9 Å². The van der Waals surface area contributed by atoms with Crippen LogP contribution < -0.4 is 5.69 Å². The number of aromatic nitrogens is 2. The lowest BCUT2D eigenvalue weighted by Gasteiger charge is -2.10. The van der Waals surface area contributed by atoms with Gasteiger partial charge in [0, 0.05) is 30.0 Å². The predicted octanol–water partition coefficient (Wildman–Crippen LogP) is 2.87. The lowest BCUT2D eigenvalue weighted by atomic mass is 9.97. The lowest BCUT2D eigenvalue weighted by molar-refractivity contribution is 0.0926. The Labute approximate surface area is 120 Å². The Balaban J connectivity index is 2.72. The molecule has 1 atom stereocenters. The highest BCUT2D eigenvalue weighted by Gasteiger charge is 2.19. The monoisotopic (exact) mass is 324 g/mol. The Kier molecular flexibility index (Phi) is 3.67. The number of carbonyl (C=O) groups is 1. The van der Waals surface area contributed by atoms with Gasteiger partial charge in [0.25, 0.3) is 0 Å². The molecule has 0 aliphatic heterocycles. The number of Topliss-reactive ketones (excluding diaryl/α,β-unsaturated/α-hetero) is 1. The number of benzene rings is 1. The van der Waals surface area contributed by atoms with Crippen molar-refractivity contribution in [3.05, 3.63) is 32.7 Å². The van der Waals surface area contributed by atoms with E-state index >= 15 is 0 Å². The van der Waals surface area contributed by atoms with E-state index in [0.29, 0.717) is 5.56 Å². The van der Waals surface area contributed by atoms with E-state index in [2.05, 4.69) is 15.9 Å². The summed E-state index contributed by atoms with van der Waals surface area (Å²) in [6.45, 7) is 3.91. The molecule has 0 saturated carbocycles. The van der Waals surface area contributed by atoms with Gasteiger partial charge in [0.15, 0.2) is 5.78 Å². The van der Waals surface area contributed by atoms with Gasteiger partial charge >= 0.3 is 5.69 Å². The Bertz CT molecular complexity index is 712. The standard InChI is InChI=1S/C14H17BrN2O2/c1-5-8(2)13(18)9-6-11-12(7-10(9)15)17(4)14(19)16(11)3/h6-8H,5H2,1-4H3. The Morgan fingerprint density at radius 2 is 1.79 bits per heavy atom. The van der Waals surface area contributed by atoms with Gasteiger partial charge in [0.1, 0.15) is 0 Å². The number of rotatable bonds is 3. The number of aryl methyl sites for hydroxylation is 2. The lowest BCUT2D eigenvalue weighted by Crippen LogP contribution is -2.19. The van der Waals surface area contributed by atoms with E-state index in [0.717, 1.165) is 21.9 Å². The zero-order valence-corrected chi connectivity index (χ0v) is 13.1. The molecule has 4 nitrogen and oxygen atoms in total. The first-order chi connectivity index (χ1) is 8.88. The van der Waals surface area contributed by atoms with Gasteiger partial charge < -0.3 is 0 Å². The number of halogens is 1. The maximum absolute atomic E-state index is 12.3. The van der Waals surface area contributed by atoms with E-state index in [9.17, 15) is 9.59 Å². The second-order valence-corrected chi connectivity index (χ2v) is 5.75. The van der Waals surface area contributed by atoms with E-state index in [-0.39, 0.29) is 17.4 Å². The molecule has 1 aromatic heterocycles. The fraction of sp³-hybridized carbons (Fsp3) is 0.429. The zero-order valence-electron chi connectivity index (χ0n) is 11.5. The second kappa shape index (κ2) is 4.96. The number of hydrogen-bond acceptors (Lipinski definition) is 2. The fourth-order valence-corrected chi connectivity index (χ4v) is 2.69. The number of fused-ring (bicyclic) bond motifs is 1. The maximum Gasteiger partial charge on any atom is 0.328 e. The molecule has 19 heavy (non-hydrogen) atoms. The fourth-order valence-electron chi connectivity index (χ4n) is 2.16. The van der Waals surface area contributed by atoms with Crippen LogP contribution in [0.15, 0.2) is 21.4 Å². The van der Waals surface area contributed by atoms with Crippen molar-refractivity contribution in [3.63, 3.8) is 0 Å². The summed E-state index contributed by atoms with van der Waals surface area (Å²) in [5.74, 6) is 0.0852. The minimum atomic E-state index is -0.0879. The second-order valence-electron chi connectivity index (χ2n) is 4.89. The molecular weight excluding hydrogens is 308 g/mol. The normalized spacial score (nSPS) is 12.9. The molecule has 0 fully saturated rings. The van der Waals surface area contributed by atoms with Gasteiger partial charge in [0.05, 0.1) is 11.0 Å². The first-order valence-corrected chi connectivity index (χ1v) is 7.07. The molecule has 1 aromatic carbocycles. The van der Waals surface area contributed by atoms with Crippen LogP contribution in [0.2, 0.25) is 0 Å². The van der Waals surface area contributed by atoms with Crippen LogP contribution in [0.5, 0.6) is 0 Å². The van der Waals surface area contributed by atoms with Crippen molar-refractivity contribution in [2.75, 3.05) is 0 Å². The molecule has 0 radical (unpaired) electrons. The van der Waals surface area contributed by atoms with Gasteiger partial charge in [-0.2, -0.15) is 0 Å². The van der Waals surface area contributed by atoms with E-state index in [1.54, 1.807) is 29.3 Å². The van der Waals surface area contributed by atoms with Gasteiger partial charge in [-0.1, -0.05) is 13.8 Å². The molecular formula is C14H17BrN2O2. The molecule has 2 aromatic rings. The molecule has 0 aliphatic rings. The van der Waals surface area contributed by atoms with E-state index in [1.807, 2.05) is 19.9 Å². The SMILES string of the molecule is CCC(C)C(=O)c1cc2c(cc1Br)n(C)c(=O)n2C. The molecule has 0 bridgehead atoms. The maximum atomic E-state index is 12.3. The van der Waals surface area contributed by atoms with Gasteiger partial charge in [-0.05, 0) is 34.5 Å². The predicted molar refractivity (Wildman–Crippen MR) is 79.6 cm³/mol. The number of carbonyl (C=O) groups excluding carboxylic acids is 1. The summed E-state index contributed by atoms with van der Waals surface area (Å²) in [6, 6.07) is 3.64. The number of nitrogens with zero attached hydrogens (tertiary/aromatic N) is 2. The van der Waals surface area contributed by atoms with E-state index in [1.165, 1.54) is 0 Å². The third-order valence-corrected chi connectivity index (χ3v) is 4.34. The largest absolute Gasteiger partial charge is 0.328 e. The van der Waals surface area contributed by atoms with Gasteiger partial charge in [-0.25, -0.2) is 4.79 Å². The molecule has 2 rings (SSSR count). The molecule has 102 valence electrons. The average molecular weight is 325 g/mol. The molecule has 0 saturated heterocycles. The molecule has 0 amide bonds. The van der Waals surface area contributed by atoms with Crippen molar-refractivity contribution in [2.45, 2.75) is 20.3 Å². The van der Waals surface area contributed by atoms with Crippen LogP contribution in [-0.2, 0) is 14.1 Å². The average Bonchev–Trinajstić information content (AvgIpc) is 2.61. The van der Waals surface area contributed by atoms with Crippen molar-refractivity contribution >= 4 is 32.7 Å². The van der Waals surface area contributed by atoms with E-state index < -0.39 is 0 Å². The molecule has 1 unspecified atom stereocenters. The van der Waals surface area contributed by atoms with Crippen molar-refractivity contribution in [1.29, 1.82) is 0 Å². The highest BCUT2D eigenvalue weighted by atomic mass is 79.9. The third-order valence-electron chi connectivity index (χ3n) is 3.69. The quantitative estimate of drug-likeness (QED) is 0.815. The molecule has 1 heterocycles. The summed E-state index contributed by atoms with van der Waals surface area (Å²) in [5, 5.41) is 0. The first kappa shape index (κ1) is 14.1. The van der Waals surface area contributed by atoms with Crippen LogP contribution in [0.1, 0.15) is 30.6 Å². The van der Waals surface area contributed by atoms with Gasteiger partial charge in [-0.15, -0.1) is 0 Å². The summed E-state index contributed by atoms with van der Waals surface area (Å²) < 4.78 is 3.89. The van der Waals surface area contributed by atoms with Crippen molar-refractivity contribution in [1.82, 2.24) is 9.13 Å².